The lowest BCUT2D eigenvalue weighted by Crippen LogP contribution is -1.74. The van der Waals surface area contributed by atoms with Crippen LogP contribution in [0.15, 0.2) is 54.6 Å². The first-order valence-corrected chi connectivity index (χ1v) is 5.21. The van der Waals surface area contributed by atoms with E-state index < -0.39 is 0 Å². The summed E-state index contributed by atoms with van der Waals surface area (Å²) < 4.78 is 0. The molecule has 1 nitrogen and oxygen atoms in total. The van der Waals surface area contributed by atoms with E-state index in [4.69, 9.17) is 5.11 Å². The van der Waals surface area contributed by atoms with Crippen molar-refractivity contribution in [3.8, 4) is 16.9 Å². The minimum absolute atomic E-state index is 0.305. The summed E-state index contributed by atoms with van der Waals surface area (Å²) in [5, 5.41) is 9.10. The largest absolute Gasteiger partial charge is 0.508 e. The van der Waals surface area contributed by atoms with Gasteiger partial charge in [0.1, 0.15) is 5.75 Å². The predicted octanol–water partition coefficient (Wildman–Crippen LogP) is 4.09. The van der Waals surface area contributed by atoms with Gasteiger partial charge in [0, 0.05) is 0 Å². The number of aromatic hydroxyl groups is 1. The fourth-order valence-electron chi connectivity index (χ4n) is 1.28. The quantitative estimate of drug-likeness (QED) is 0.735. The van der Waals surface area contributed by atoms with Crippen molar-refractivity contribution in [1.29, 1.82) is 0 Å². The Bertz CT molecular complexity index is 376. The monoisotopic (exact) mass is 200 g/mol. The van der Waals surface area contributed by atoms with Crippen LogP contribution in [0.2, 0.25) is 0 Å². The lowest BCUT2D eigenvalue weighted by molar-refractivity contribution is 0.475. The summed E-state index contributed by atoms with van der Waals surface area (Å²) in [7, 11) is 0. The van der Waals surface area contributed by atoms with Gasteiger partial charge in [0.2, 0.25) is 0 Å². The molecule has 1 N–H and O–H groups in total. The van der Waals surface area contributed by atoms with Crippen molar-refractivity contribution in [3.63, 3.8) is 0 Å². The zero-order valence-electron chi connectivity index (χ0n) is 9.14. The van der Waals surface area contributed by atoms with Gasteiger partial charge >= 0.3 is 0 Å². The van der Waals surface area contributed by atoms with Gasteiger partial charge in [-0.05, 0) is 23.3 Å². The van der Waals surface area contributed by atoms with E-state index in [0.717, 1.165) is 5.56 Å². The predicted molar refractivity (Wildman–Crippen MR) is 64.9 cm³/mol. The van der Waals surface area contributed by atoms with Crippen molar-refractivity contribution in [2.45, 2.75) is 13.8 Å². The Kier molecular flexibility index (Phi) is 4.42. The summed E-state index contributed by atoms with van der Waals surface area (Å²) in [6.07, 6.45) is 0. The zero-order valence-corrected chi connectivity index (χ0v) is 9.14. The lowest BCUT2D eigenvalue weighted by atomic mass is 10.1. The van der Waals surface area contributed by atoms with Crippen LogP contribution in [0.4, 0.5) is 0 Å². The first-order valence-electron chi connectivity index (χ1n) is 5.21. The molecule has 0 unspecified atom stereocenters. The van der Waals surface area contributed by atoms with Crippen molar-refractivity contribution in [1.82, 2.24) is 0 Å². The molecule has 2 aromatic rings. The van der Waals surface area contributed by atoms with E-state index in [1.165, 1.54) is 5.56 Å². The second kappa shape index (κ2) is 5.86. The SMILES string of the molecule is CC.Oc1ccc(-c2ccccc2)cc1. The molecule has 0 bridgehead atoms. The molecule has 2 rings (SSSR count). The molecule has 0 aliphatic rings. The van der Waals surface area contributed by atoms with E-state index in [9.17, 15) is 0 Å². The molecule has 15 heavy (non-hydrogen) atoms. The summed E-state index contributed by atoms with van der Waals surface area (Å²) in [5.41, 5.74) is 2.29. The van der Waals surface area contributed by atoms with Crippen LogP contribution < -0.4 is 0 Å². The highest BCUT2D eigenvalue weighted by Gasteiger charge is 1.94. The molecule has 0 spiro atoms. The molecule has 0 fully saturated rings. The van der Waals surface area contributed by atoms with Gasteiger partial charge in [-0.1, -0.05) is 56.3 Å². The van der Waals surface area contributed by atoms with Gasteiger partial charge in [0.15, 0.2) is 0 Å². The third-order valence-corrected chi connectivity index (χ3v) is 1.97. The van der Waals surface area contributed by atoms with Gasteiger partial charge in [-0.2, -0.15) is 0 Å². The van der Waals surface area contributed by atoms with Crippen LogP contribution in [0.5, 0.6) is 5.75 Å². The first-order chi connectivity index (χ1) is 7.36. The molecule has 0 atom stereocenters. The van der Waals surface area contributed by atoms with Crippen molar-refractivity contribution < 1.29 is 5.11 Å². The first kappa shape index (κ1) is 11.3. The summed E-state index contributed by atoms with van der Waals surface area (Å²) in [6, 6.07) is 17.3. The highest BCUT2D eigenvalue weighted by atomic mass is 16.3. The second-order valence-electron chi connectivity index (χ2n) is 2.91. The van der Waals surface area contributed by atoms with Gasteiger partial charge in [-0.3, -0.25) is 0 Å². The Morgan fingerprint density at radius 1 is 0.667 bits per heavy atom. The minimum atomic E-state index is 0.305. The number of phenols is 1. The van der Waals surface area contributed by atoms with Gasteiger partial charge in [0.25, 0.3) is 0 Å². The van der Waals surface area contributed by atoms with Crippen LogP contribution in [-0.2, 0) is 0 Å². The number of hydrogen-bond acceptors (Lipinski definition) is 1. The molecule has 0 aromatic heterocycles. The van der Waals surface area contributed by atoms with E-state index in [1.807, 2.05) is 56.3 Å². The van der Waals surface area contributed by atoms with E-state index in [0.29, 0.717) is 5.75 Å². The van der Waals surface area contributed by atoms with E-state index in [-0.39, 0.29) is 0 Å². The fraction of sp³-hybridized carbons (Fsp3) is 0.143. The molecule has 0 saturated carbocycles. The van der Waals surface area contributed by atoms with Crippen LogP contribution >= 0.6 is 0 Å². The van der Waals surface area contributed by atoms with Crippen molar-refractivity contribution in [3.05, 3.63) is 54.6 Å². The van der Waals surface area contributed by atoms with Crippen molar-refractivity contribution in [2.75, 3.05) is 0 Å². The number of benzene rings is 2. The maximum Gasteiger partial charge on any atom is 0.115 e. The van der Waals surface area contributed by atoms with E-state index >= 15 is 0 Å². The Hall–Kier alpha value is -1.76. The molecule has 0 aliphatic carbocycles. The highest BCUT2D eigenvalue weighted by molar-refractivity contribution is 5.63. The highest BCUT2D eigenvalue weighted by Crippen LogP contribution is 2.20. The maximum atomic E-state index is 9.10. The summed E-state index contributed by atoms with van der Waals surface area (Å²) >= 11 is 0. The Morgan fingerprint density at radius 3 is 1.67 bits per heavy atom. The molecule has 2 aromatic carbocycles. The molecule has 0 amide bonds. The van der Waals surface area contributed by atoms with Crippen molar-refractivity contribution in [2.24, 2.45) is 0 Å². The van der Waals surface area contributed by atoms with Crippen LogP contribution in [0, 0.1) is 0 Å². The molecule has 1 heteroatoms. The van der Waals surface area contributed by atoms with E-state index in [2.05, 4.69) is 0 Å². The molecule has 0 saturated heterocycles. The third kappa shape index (κ3) is 3.13. The van der Waals surface area contributed by atoms with Gasteiger partial charge in [0.05, 0.1) is 0 Å². The third-order valence-electron chi connectivity index (χ3n) is 1.97. The van der Waals surface area contributed by atoms with Gasteiger partial charge < -0.3 is 5.11 Å². The molecule has 0 heterocycles. The van der Waals surface area contributed by atoms with Crippen LogP contribution in [0.25, 0.3) is 11.1 Å². The molecular formula is C14H16O. The topological polar surface area (TPSA) is 20.2 Å². The number of hydrogen-bond donors (Lipinski definition) is 1. The normalized spacial score (nSPS) is 8.93. The minimum Gasteiger partial charge on any atom is -0.508 e. The average molecular weight is 200 g/mol. The Balaban J connectivity index is 0.000000531. The lowest BCUT2D eigenvalue weighted by Gasteiger charge is -2.00. The smallest absolute Gasteiger partial charge is 0.115 e. The molecule has 0 aliphatic heterocycles. The van der Waals surface area contributed by atoms with Crippen LogP contribution in [-0.4, -0.2) is 5.11 Å². The van der Waals surface area contributed by atoms with Crippen LogP contribution in [0.1, 0.15) is 13.8 Å². The maximum absolute atomic E-state index is 9.10. The second-order valence-corrected chi connectivity index (χ2v) is 2.91. The van der Waals surface area contributed by atoms with E-state index in [1.54, 1.807) is 12.1 Å². The molecule has 0 radical (unpaired) electrons. The van der Waals surface area contributed by atoms with Crippen molar-refractivity contribution >= 4 is 0 Å². The Labute approximate surface area is 91.0 Å². The van der Waals surface area contributed by atoms with Gasteiger partial charge in [-0.15, -0.1) is 0 Å². The zero-order chi connectivity index (χ0) is 11.1. The fourth-order valence-corrected chi connectivity index (χ4v) is 1.28. The number of rotatable bonds is 1. The standard InChI is InChI=1S/C12H10O.C2H6/c13-12-8-6-11(7-9-12)10-4-2-1-3-5-10;1-2/h1-9,13H;1-2H3. The van der Waals surface area contributed by atoms with Gasteiger partial charge in [-0.25, -0.2) is 0 Å². The Morgan fingerprint density at radius 2 is 1.13 bits per heavy atom. The number of phenolic OH excluding ortho intramolecular Hbond substituents is 1. The molecular weight excluding hydrogens is 184 g/mol. The summed E-state index contributed by atoms with van der Waals surface area (Å²) in [6.45, 7) is 4.00. The average Bonchev–Trinajstić information content (AvgIpc) is 2.34. The molecule has 78 valence electrons. The van der Waals surface area contributed by atoms with Crippen LogP contribution in [0.3, 0.4) is 0 Å². The summed E-state index contributed by atoms with van der Waals surface area (Å²) in [4.78, 5) is 0. The summed E-state index contributed by atoms with van der Waals surface area (Å²) in [5.74, 6) is 0.305.